The van der Waals surface area contributed by atoms with Crippen molar-refractivity contribution >= 4 is 17.0 Å². The fraction of sp³-hybridized carbons (Fsp3) is 0.219. The quantitative estimate of drug-likeness (QED) is 0.253. The number of likely N-dealkylation sites (tertiary alicyclic amines) is 1. The Bertz CT molecular complexity index is 1640. The first kappa shape index (κ1) is 25.4. The van der Waals surface area contributed by atoms with E-state index in [9.17, 15) is 9.90 Å². The summed E-state index contributed by atoms with van der Waals surface area (Å²) in [6, 6.07) is 29.9. The van der Waals surface area contributed by atoms with Crippen LogP contribution >= 0.6 is 0 Å². The van der Waals surface area contributed by atoms with Crippen LogP contribution < -0.4 is 9.47 Å². The van der Waals surface area contributed by atoms with Crippen LogP contribution in [-0.4, -0.2) is 44.0 Å². The highest BCUT2D eigenvalue weighted by atomic mass is 16.5. The third-order valence-corrected chi connectivity index (χ3v) is 7.33. The van der Waals surface area contributed by atoms with Crippen LogP contribution in [0.15, 0.2) is 91.0 Å². The van der Waals surface area contributed by atoms with Crippen LogP contribution in [0, 0.1) is 0 Å². The number of hydrogen-bond donors (Lipinski definition) is 1. The Morgan fingerprint density at radius 3 is 2.27 bits per heavy atom. The summed E-state index contributed by atoms with van der Waals surface area (Å²) in [5, 5.41) is 15.3. The SMILES string of the molecule is Cn1nc(-c2ccc(OCc3ccccc3)nc2OCc2ccccc2)c2cccc(C3CCN(C(=O)O)C3)c21. The third-order valence-electron chi connectivity index (χ3n) is 7.33. The van der Waals surface area contributed by atoms with E-state index in [0.717, 1.165) is 45.3 Å². The average molecular weight is 535 g/mol. The molecule has 40 heavy (non-hydrogen) atoms. The van der Waals surface area contributed by atoms with Gasteiger partial charge in [-0.15, -0.1) is 0 Å². The first-order valence-electron chi connectivity index (χ1n) is 13.3. The molecule has 1 fully saturated rings. The van der Waals surface area contributed by atoms with Gasteiger partial charge in [-0.05, 0) is 29.2 Å². The number of aromatic nitrogens is 3. The Labute approximate surface area is 232 Å². The lowest BCUT2D eigenvalue weighted by atomic mass is 9.95. The maximum atomic E-state index is 11.5. The Morgan fingerprint density at radius 2 is 1.60 bits per heavy atom. The van der Waals surface area contributed by atoms with E-state index < -0.39 is 6.09 Å². The minimum absolute atomic E-state index is 0.115. The summed E-state index contributed by atoms with van der Waals surface area (Å²) in [5.74, 6) is 1.03. The van der Waals surface area contributed by atoms with Crippen LogP contribution in [0.2, 0.25) is 0 Å². The molecule has 0 radical (unpaired) electrons. The van der Waals surface area contributed by atoms with Gasteiger partial charge in [0.05, 0.1) is 11.1 Å². The van der Waals surface area contributed by atoms with E-state index in [-0.39, 0.29) is 5.92 Å². The zero-order valence-electron chi connectivity index (χ0n) is 22.2. The van der Waals surface area contributed by atoms with Crippen LogP contribution in [0.1, 0.15) is 29.0 Å². The molecule has 6 rings (SSSR count). The van der Waals surface area contributed by atoms with Crippen LogP contribution in [0.4, 0.5) is 4.79 Å². The molecule has 1 unspecified atom stereocenters. The average Bonchev–Trinajstić information content (AvgIpc) is 3.62. The molecule has 1 amide bonds. The zero-order chi connectivity index (χ0) is 27.5. The maximum absolute atomic E-state index is 11.5. The largest absolute Gasteiger partial charge is 0.473 e. The lowest BCUT2D eigenvalue weighted by molar-refractivity contribution is 0.155. The smallest absolute Gasteiger partial charge is 0.407 e. The van der Waals surface area contributed by atoms with Crippen molar-refractivity contribution in [1.29, 1.82) is 0 Å². The molecular weight excluding hydrogens is 504 g/mol. The van der Waals surface area contributed by atoms with Gasteiger partial charge in [0.1, 0.15) is 18.9 Å². The summed E-state index contributed by atoms with van der Waals surface area (Å²) in [6.07, 6.45) is -0.0898. The van der Waals surface area contributed by atoms with Crippen molar-refractivity contribution in [3.8, 4) is 23.0 Å². The highest BCUT2D eigenvalue weighted by Crippen LogP contribution is 2.39. The molecule has 1 N–H and O–H groups in total. The zero-order valence-corrected chi connectivity index (χ0v) is 22.2. The molecule has 1 atom stereocenters. The topological polar surface area (TPSA) is 89.7 Å². The van der Waals surface area contributed by atoms with Gasteiger partial charge >= 0.3 is 6.09 Å². The van der Waals surface area contributed by atoms with Crippen LogP contribution in [0.5, 0.6) is 11.8 Å². The second kappa shape index (κ2) is 11.1. The monoisotopic (exact) mass is 534 g/mol. The Morgan fingerprint density at radius 1 is 0.900 bits per heavy atom. The molecule has 0 aliphatic carbocycles. The molecule has 2 aromatic heterocycles. The van der Waals surface area contributed by atoms with Crippen molar-refractivity contribution in [2.75, 3.05) is 13.1 Å². The number of carbonyl (C=O) groups is 1. The van der Waals surface area contributed by atoms with Gasteiger partial charge in [-0.2, -0.15) is 10.1 Å². The second-order valence-corrected chi connectivity index (χ2v) is 9.98. The molecule has 8 heteroatoms. The summed E-state index contributed by atoms with van der Waals surface area (Å²) in [6.45, 7) is 1.77. The van der Waals surface area contributed by atoms with Gasteiger partial charge in [0.2, 0.25) is 11.8 Å². The van der Waals surface area contributed by atoms with Gasteiger partial charge in [-0.1, -0.05) is 78.9 Å². The summed E-state index contributed by atoms with van der Waals surface area (Å²) in [4.78, 5) is 17.8. The lowest BCUT2D eigenvalue weighted by Crippen LogP contribution is -2.26. The molecule has 8 nitrogen and oxygen atoms in total. The number of carboxylic acid groups (broad SMARTS) is 1. The van der Waals surface area contributed by atoms with Gasteiger partial charge in [0.15, 0.2) is 0 Å². The third kappa shape index (κ3) is 5.20. The van der Waals surface area contributed by atoms with Gasteiger partial charge < -0.3 is 19.5 Å². The molecule has 3 aromatic carbocycles. The Hall–Kier alpha value is -4.85. The second-order valence-electron chi connectivity index (χ2n) is 9.98. The Balaban J connectivity index is 1.36. The van der Waals surface area contributed by atoms with E-state index in [1.807, 2.05) is 96.7 Å². The molecule has 3 heterocycles. The number of nitrogens with zero attached hydrogens (tertiary/aromatic N) is 4. The highest BCUT2D eigenvalue weighted by molar-refractivity contribution is 5.96. The normalized spacial score (nSPS) is 14.9. The first-order valence-corrected chi connectivity index (χ1v) is 13.3. The van der Waals surface area contributed by atoms with Gasteiger partial charge in [0.25, 0.3) is 0 Å². The molecule has 0 saturated carbocycles. The Kier molecular flexibility index (Phi) is 7.06. The van der Waals surface area contributed by atoms with E-state index in [0.29, 0.717) is 38.1 Å². The molecule has 1 saturated heterocycles. The van der Waals surface area contributed by atoms with Gasteiger partial charge in [-0.3, -0.25) is 4.68 Å². The van der Waals surface area contributed by atoms with Crippen LogP contribution in [0.25, 0.3) is 22.2 Å². The van der Waals surface area contributed by atoms with Crippen molar-refractivity contribution in [2.24, 2.45) is 7.05 Å². The fourth-order valence-electron chi connectivity index (χ4n) is 5.34. The molecule has 5 aromatic rings. The first-order chi connectivity index (χ1) is 19.6. The number of rotatable bonds is 8. The number of ether oxygens (including phenoxy) is 2. The van der Waals surface area contributed by atoms with E-state index in [2.05, 4.69) is 6.07 Å². The van der Waals surface area contributed by atoms with Crippen molar-refractivity contribution in [3.05, 3.63) is 108 Å². The summed E-state index contributed by atoms with van der Waals surface area (Å²) < 4.78 is 14.2. The number of benzene rings is 3. The predicted octanol–water partition coefficient (Wildman–Crippen LogP) is 6.26. The number of fused-ring (bicyclic) bond motifs is 1. The molecule has 1 aliphatic rings. The number of pyridine rings is 1. The lowest BCUT2D eigenvalue weighted by Gasteiger charge is -2.14. The van der Waals surface area contributed by atoms with E-state index in [4.69, 9.17) is 19.6 Å². The fourth-order valence-corrected chi connectivity index (χ4v) is 5.34. The van der Waals surface area contributed by atoms with E-state index in [1.54, 1.807) is 0 Å². The number of aryl methyl sites for hydroxylation is 1. The summed E-state index contributed by atoms with van der Waals surface area (Å²) in [5.41, 5.74) is 5.71. The summed E-state index contributed by atoms with van der Waals surface area (Å²) in [7, 11) is 1.93. The van der Waals surface area contributed by atoms with Crippen LogP contribution in [-0.2, 0) is 20.3 Å². The van der Waals surface area contributed by atoms with Crippen molar-refractivity contribution in [1.82, 2.24) is 19.7 Å². The number of amides is 1. The van der Waals surface area contributed by atoms with Gasteiger partial charge in [0, 0.05) is 37.5 Å². The molecule has 0 spiro atoms. The maximum Gasteiger partial charge on any atom is 0.407 e. The number of hydrogen-bond acceptors (Lipinski definition) is 5. The van der Waals surface area contributed by atoms with Crippen molar-refractivity contribution in [3.63, 3.8) is 0 Å². The number of para-hydroxylation sites is 1. The van der Waals surface area contributed by atoms with E-state index in [1.165, 1.54) is 4.90 Å². The minimum atomic E-state index is -0.874. The predicted molar refractivity (Wildman–Crippen MR) is 152 cm³/mol. The summed E-state index contributed by atoms with van der Waals surface area (Å²) >= 11 is 0. The van der Waals surface area contributed by atoms with Crippen molar-refractivity contribution in [2.45, 2.75) is 25.6 Å². The molecular formula is C32H30N4O4. The molecule has 202 valence electrons. The molecule has 1 aliphatic heterocycles. The van der Waals surface area contributed by atoms with E-state index >= 15 is 0 Å². The molecule has 0 bridgehead atoms. The standard InChI is InChI=1S/C32H30N4O4/c1-35-30-25(24-17-18-36(19-24)32(37)38)13-8-14-26(30)29(34-35)27-15-16-28(39-20-22-9-4-2-5-10-22)33-31(27)40-21-23-11-6-3-7-12-23/h2-16,24H,17-21H2,1H3,(H,37,38). The minimum Gasteiger partial charge on any atom is -0.473 e. The highest BCUT2D eigenvalue weighted by Gasteiger charge is 2.30. The van der Waals surface area contributed by atoms with Crippen molar-refractivity contribution < 1.29 is 19.4 Å². The van der Waals surface area contributed by atoms with Gasteiger partial charge in [-0.25, -0.2) is 4.79 Å². The van der Waals surface area contributed by atoms with Crippen LogP contribution in [0.3, 0.4) is 0 Å².